The molecule has 8 aromatic carbocycles. The molecule has 0 nitrogen and oxygen atoms in total. The van der Waals surface area contributed by atoms with Gasteiger partial charge in [-0.05, 0) is 0 Å². The third kappa shape index (κ3) is 6.79. The van der Waals surface area contributed by atoms with Gasteiger partial charge in [0.1, 0.15) is 0 Å². The molecule has 0 saturated heterocycles. The van der Waals surface area contributed by atoms with E-state index in [1.807, 2.05) is 0 Å². The van der Waals surface area contributed by atoms with Crippen LogP contribution in [0.1, 0.15) is 70.2 Å². The molecule has 0 fully saturated rings. The van der Waals surface area contributed by atoms with Gasteiger partial charge < -0.3 is 0 Å². The van der Waals surface area contributed by atoms with Crippen LogP contribution in [0.15, 0.2) is 185 Å². The standard InChI is InChI=1S/C33H33.2C10H7.C5H5.CH2.2ClH.Zr/c1-32(2,3)30-20-26-24(18-28(30)22-13-9-7-10-14-22)17-25-19-29(23-15-11-8-12-16-23)31(21-27(25)26)33(4,5)6;2*1-2-6-10-8-4-3-7-9(10)5-1;1-2-4-5-3-1;;;;/h7-16,18,20-21H,17H2,1-6H3;2*1-3,5-8H;1-3H,4H2;1H2;2*1H;. The molecule has 0 saturated carbocycles. The second-order valence-corrected chi connectivity index (χ2v) is 32.4. The molecule has 0 unspecified atom stereocenters. The van der Waals surface area contributed by atoms with Gasteiger partial charge in [0, 0.05) is 0 Å². The second-order valence-electron chi connectivity index (χ2n) is 19.6. The molecule has 2 aliphatic rings. The maximum atomic E-state index is 6.08. The number of halogens is 2. The first-order valence-corrected chi connectivity index (χ1v) is 28.4. The first-order chi connectivity index (χ1) is 28.8. The van der Waals surface area contributed by atoms with Gasteiger partial charge in [0.05, 0.1) is 0 Å². The topological polar surface area (TPSA) is 0 Å². The fraction of sp³-hybridized carbons (Fsp3) is 0.169. The first-order valence-electron chi connectivity index (χ1n) is 21.7. The van der Waals surface area contributed by atoms with E-state index in [2.05, 4.69) is 224 Å². The predicted octanol–water partition coefficient (Wildman–Crippen LogP) is 14.6. The molecule has 8 aromatic rings. The van der Waals surface area contributed by atoms with E-state index in [4.69, 9.17) is 4.21 Å². The summed E-state index contributed by atoms with van der Waals surface area (Å²) >= 11 is -5.38. The van der Waals surface area contributed by atoms with Crippen LogP contribution < -0.4 is 9.81 Å². The quantitative estimate of drug-likeness (QED) is 0.156. The monoisotopic (exact) mass is 924 g/mol. The molecular formula is C59H56Cl2Zr. The Morgan fingerprint density at radius 2 is 0.984 bits per heavy atom. The number of fused-ring (bicyclic) bond motifs is 5. The Bertz CT molecular complexity index is 3070. The molecule has 0 spiro atoms. The summed E-state index contributed by atoms with van der Waals surface area (Å²) in [7, 11) is 0. The summed E-state index contributed by atoms with van der Waals surface area (Å²) in [5.74, 6) is 0. The van der Waals surface area contributed by atoms with Crippen LogP contribution in [0.25, 0.3) is 54.9 Å². The summed E-state index contributed by atoms with van der Waals surface area (Å²) in [6.07, 6.45) is 8.90. The van der Waals surface area contributed by atoms with Crippen molar-refractivity contribution < 1.29 is 18.3 Å². The molecule has 0 amide bonds. The van der Waals surface area contributed by atoms with Gasteiger partial charge in [-0.2, -0.15) is 0 Å². The van der Waals surface area contributed by atoms with Crippen molar-refractivity contribution in [3.63, 3.8) is 0 Å². The van der Waals surface area contributed by atoms with Gasteiger partial charge in [-0.1, -0.05) is 0 Å². The van der Waals surface area contributed by atoms with Crippen molar-refractivity contribution in [2.75, 3.05) is 0 Å². The van der Waals surface area contributed by atoms with Gasteiger partial charge in [0.2, 0.25) is 0 Å². The van der Waals surface area contributed by atoms with Crippen molar-refractivity contribution in [2.24, 2.45) is 0 Å². The van der Waals surface area contributed by atoms with E-state index in [0.29, 0.717) is 0 Å². The summed E-state index contributed by atoms with van der Waals surface area (Å²) < 4.78 is 11.9. The molecule has 310 valence electrons. The number of rotatable bonds is 6. The molecule has 0 aliphatic heterocycles. The summed E-state index contributed by atoms with van der Waals surface area (Å²) in [4.78, 5) is 0. The molecule has 0 aromatic heterocycles. The van der Waals surface area contributed by atoms with Gasteiger partial charge in [0.15, 0.2) is 0 Å². The Morgan fingerprint density at radius 3 is 1.50 bits per heavy atom. The Balaban J connectivity index is 0.00000264. The molecular weight excluding hydrogens is 871 g/mol. The van der Waals surface area contributed by atoms with Crippen LogP contribution in [0.3, 0.4) is 0 Å². The average molecular weight is 927 g/mol. The summed E-state index contributed by atoms with van der Waals surface area (Å²) in [6, 6.07) is 62.6. The SMILES string of the molecule is Cl.Cl.[CH2]=[Zr]([C]1=CC=CC1)([c]1ccc2ccccc2c1)([c]1ccc2ccccc2c1)[c]1c2c(cc(C(C)(C)C)c1-c1ccccc1)-c1cc(C(C)(C)C)c(-c3ccccc3)cc1C2. The maximum absolute atomic E-state index is 6.08. The van der Waals surface area contributed by atoms with Crippen LogP contribution in [0.4, 0.5) is 0 Å². The fourth-order valence-electron chi connectivity index (χ4n) is 10.9. The van der Waals surface area contributed by atoms with Crippen LogP contribution in [0.2, 0.25) is 0 Å². The van der Waals surface area contributed by atoms with Crippen molar-refractivity contribution in [1.82, 2.24) is 0 Å². The molecule has 62 heavy (non-hydrogen) atoms. The normalized spacial score (nSPS) is 13.6. The molecule has 0 N–H and O–H groups in total. The predicted molar refractivity (Wildman–Crippen MR) is 273 cm³/mol. The summed E-state index contributed by atoms with van der Waals surface area (Å²) in [5, 5.41) is 5.05. The van der Waals surface area contributed by atoms with E-state index in [9.17, 15) is 0 Å². The zero-order valence-corrected chi connectivity index (χ0v) is 40.8. The Hall–Kier alpha value is -4.91. The van der Waals surface area contributed by atoms with Crippen molar-refractivity contribution in [3.05, 3.63) is 208 Å². The van der Waals surface area contributed by atoms with Crippen LogP contribution in [0.5, 0.6) is 0 Å². The van der Waals surface area contributed by atoms with Gasteiger partial charge in [-0.25, -0.2) is 0 Å². The van der Waals surface area contributed by atoms with E-state index in [1.165, 1.54) is 90.3 Å². The zero-order valence-electron chi connectivity index (χ0n) is 36.8. The molecule has 10 rings (SSSR count). The van der Waals surface area contributed by atoms with Crippen molar-refractivity contribution in [3.8, 4) is 33.4 Å². The fourth-order valence-corrected chi connectivity index (χ4v) is 27.0. The Kier molecular flexibility index (Phi) is 11.3. The van der Waals surface area contributed by atoms with Crippen molar-refractivity contribution >= 4 is 60.4 Å². The van der Waals surface area contributed by atoms with Crippen molar-refractivity contribution in [1.29, 1.82) is 0 Å². The van der Waals surface area contributed by atoms with E-state index < -0.39 is 18.3 Å². The third-order valence-corrected chi connectivity index (χ3v) is 30.2. The van der Waals surface area contributed by atoms with Crippen molar-refractivity contribution in [2.45, 2.75) is 65.2 Å². The molecule has 0 atom stereocenters. The number of hydrogen-bond donors (Lipinski definition) is 0. The van der Waals surface area contributed by atoms with E-state index in [-0.39, 0.29) is 35.6 Å². The number of benzene rings is 8. The number of hydrogen-bond acceptors (Lipinski definition) is 0. The van der Waals surface area contributed by atoms with E-state index >= 15 is 0 Å². The second kappa shape index (κ2) is 16.0. The van der Waals surface area contributed by atoms with Gasteiger partial charge in [0.25, 0.3) is 0 Å². The average Bonchev–Trinajstić information content (AvgIpc) is 3.94. The molecule has 2 aliphatic carbocycles. The first kappa shape index (κ1) is 43.7. The van der Waals surface area contributed by atoms with Gasteiger partial charge in [-0.15, -0.1) is 24.8 Å². The molecule has 3 heteroatoms. The van der Waals surface area contributed by atoms with E-state index in [1.54, 1.807) is 0 Å². The Labute approximate surface area is 381 Å². The number of allylic oxidation sites excluding steroid dienone is 4. The molecule has 0 bridgehead atoms. The van der Waals surface area contributed by atoms with Crippen LogP contribution in [-0.2, 0) is 35.5 Å². The zero-order chi connectivity index (χ0) is 41.5. The van der Waals surface area contributed by atoms with Crippen LogP contribution >= 0.6 is 24.8 Å². The molecule has 0 heterocycles. The Morgan fingerprint density at radius 1 is 0.484 bits per heavy atom. The minimum atomic E-state index is -5.38. The third-order valence-electron chi connectivity index (χ3n) is 13.9. The van der Waals surface area contributed by atoms with Crippen LogP contribution in [0, 0.1) is 0 Å². The minimum absolute atomic E-state index is 0. The summed E-state index contributed by atoms with van der Waals surface area (Å²) in [6.45, 7) is 14.3. The van der Waals surface area contributed by atoms with Crippen LogP contribution in [-0.4, -0.2) is 4.21 Å². The molecule has 0 radical (unpaired) electrons. The van der Waals surface area contributed by atoms with Gasteiger partial charge >= 0.3 is 360 Å². The van der Waals surface area contributed by atoms with E-state index in [0.717, 1.165) is 12.8 Å². The summed E-state index contributed by atoms with van der Waals surface area (Å²) in [5.41, 5.74) is 13.4. The van der Waals surface area contributed by atoms with Gasteiger partial charge in [-0.3, -0.25) is 0 Å².